The molecule has 0 saturated carbocycles. The Morgan fingerprint density at radius 1 is 1.11 bits per heavy atom. The van der Waals surface area contributed by atoms with Gasteiger partial charge in [-0.05, 0) is 11.6 Å². The predicted molar refractivity (Wildman–Crippen MR) is 72.6 cm³/mol. The van der Waals surface area contributed by atoms with Gasteiger partial charge >= 0.3 is 0 Å². The lowest BCUT2D eigenvalue weighted by molar-refractivity contribution is 0.778. The number of rotatable bonds is 3. The summed E-state index contributed by atoms with van der Waals surface area (Å²) in [4.78, 5) is 8.59. The van der Waals surface area contributed by atoms with E-state index in [0.29, 0.717) is 5.88 Å². The third-order valence-electron chi connectivity index (χ3n) is 2.93. The number of pyridine rings is 1. The second-order valence-corrected chi connectivity index (χ2v) is 4.37. The molecule has 0 N–H and O–H groups in total. The van der Waals surface area contributed by atoms with Crippen LogP contribution in [0.15, 0.2) is 48.8 Å². The number of hydrogen-bond donors (Lipinski definition) is 0. The van der Waals surface area contributed by atoms with E-state index in [2.05, 4.69) is 26.7 Å². The summed E-state index contributed by atoms with van der Waals surface area (Å²) >= 11 is 5.97. The van der Waals surface area contributed by atoms with Crippen LogP contribution < -0.4 is 0 Å². The molecule has 0 saturated heterocycles. The second-order valence-electron chi connectivity index (χ2n) is 4.10. The number of halogens is 1. The molecule has 0 aliphatic rings. The molecule has 0 atom stereocenters. The van der Waals surface area contributed by atoms with Crippen LogP contribution in [0.25, 0.3) is 11.0 Å². The Morgan fingerprint density at radius 3 is 2.72 bits per heavy atom. The van der Waals surface area contributed by atoms with Crippen molar-refractivity contribution in [2.24, 2.45) is 0 Å². The minimum atomic E-state index is 0.404. The van der Waals surface area contributed by atoms with Crippen LogP contribution >= 0.6 is 11.6 Å². The summed E-state index contributed by atoms with van der Waals surface area (Å²) < 4.78 is 2.14. The van der Waals surface area contributed by atoms with Crippen molar-refractivity contribution in [3.8, 4) is 0 Å². The van der Waals surface area contributed by atoms with Crippen LogP contribution in [0.1, 0.15) is 11.4 Å². The zero-order valence-electron chi connectivity index (χ0n) is 9.75. The number of alkyl halides is 1. The van der Waals surface area contributed by atoms with Crippen LogP contribution in [-0.2, 0) is 12.4 Å². The van der Waals surface area contributed by atoms with Crippen molar-refractivity contribution in [1.82, 2.24) is 14.5 Å². The Morgan fingerprint density at radius 2 is 1.94 bits per heavy atom. The molecule has 0 bridgehead atoms. The quantitative estimate of drug-likeness (QED) is 0.675. The molecule has 2 aromatic heterocycles. The fourth-order valence-corrected chi connectivity index (χ4v) is 2.28. The largest absolute Gasteiger partial charge is 0.322 e. The third-order valence-corrected chi connectivity index (χ3v) is 3.17. The van der Waals surface area contributed by atoms with E-state index in [4.69, 9.17) is 11.6 Å². The Kier molecular flexibility index (Phi) is 2.99. The smallest absolute Gasteiger partial charge is 0.125 e. The van der Waals surface area contributed by atoms with Gasteiger partial charge in [-0.25, -0.2) is 4.98 Å². The maximum atomic E-state index is 5.97. The van der Waals surface area contributed by atoms with Crippen molar-refractivity contribution >= 4 is 22.6 Å². The SMILES string of the molecule is ClCc1nc2cnccc2n1Cc1ccccc1. The minimum absolute atomic E-state index is 0.404. The van der Waals surface area contributed by atoms with Crippen LogP contribution in [0.2, 0.25) is 0 Å². The highest BCUT2D eigenvalue weighted by Crippen LogP contribution is 2.18. The molecule has 1 aromatic carbocycles. The second kappa shape index (κ2) is 4.78. The van der Waals surface area contributed by atoms with Gasteiger partial charge in [0.05, 0.1) is 17.6 Å². The maximum absolute atomic E-state index is 5.97. The molecule has 0 aliphatic heterocycles. The zero-order chi connectivity index (χ0) is 12.4. The lowest BCUT2D eigenvalue weighted by Crippen LogP contribution is -2.03. The number of benzene rings is 1. The Balaban J connectivity index is 2.10. The van der Waals surface area contributed by atoms with Crippen molar-refractivity contribution in [1.29, 1.82) is 0 Å². The van der Waals surface area contributed by atoms with E-state index in [1.165, 1.54) is 5.56 Å². The van der Waals surface area contributed by atoms with E-state index in [0.717, 1.165) is 23.4 Å². The topological polar surface area (TPSA) is 30.7 Å². The summed E-state index contributed by atoms with van der Waals surface area (Å²) in [5, 5.41) is 0. The lowest BCUT2D eigenvalue weighted by atomic mass is 10.2. The van der Waals surface area contributed by atoms with Crippen molar-refractivity contribution in [3.05, 3.63) is 60.2 Å². The molecule has 3 nitrogen and oxygen atoms in total. The molecule has 0 fully saturated rings. The third kappa shape index (κ3) is 1.97. The fraction of sp³-hybridized carbons (Fsp3) is 0.143. The van der Waals surface area contributed by atoms with Gasteiger partial charge in [-0.15, -0.1) is 11.6 Å². The van der Waals surface area contributed by atoms with Crippen LogP contribution in [0.3, 0.4) is 0 Å². The maximum Gasteiger partial charge on any atom is 0.125 e. The van der Waals surface area contributed by atoms with Crippen molar-refractivity contribution < 1.29 is 0 Å². The highest BCUT2D eigenvalue weighted by Gasteiger charge is 2.09. The summed E-state index contributed by atoms with van der Waals surface area (Å²) in [5.41, 5.74) is 3.20. The van der Waals surface area contributed by atoms with Gasteiger partial charge in [0.15, 0.2) is 0 Å². The van der Waals surface area contributed by atoms with Crippen LogP contribution in [0, 0.1) is 0 Å². The van der Waals surface area contributed by atoms with Crippen molar-refractivity contribution in [2.75, 3.05) is 0 Å². The number of nitrogens with zero attached hydrogens (tertiary/aromatic N) is 3. The van der Waals surface area contributed by atoms with E-state index in [1.54, 1.807) is 12.4 Å². The van der Waals surface area contributed by atoms with Gasteiger partial charge in [0.2, 0.25) is 0 Å². The predicted octanol–water partition coefficient (Wildman–Crippen LogP) is 3.22. The van der Waals surface area contributed by atoms with Gasteiger partial charge in [-0.3, -0.25) is 4.98 Å². The van der Waals surface area contributed by atoms with Crippen LogP contribution in [0.5, 0.6) is 0 Å². The minimum Gasteiger partial charge on any atom is -0.322 e. The Bertz CT molecular complexity index is 661. The van der Waals surface area contributed by atoms with Gasteiger partial charge in [0.25, 0.3) is 0 Å². The summed E-state index contributed by atoms with van der Waals surface area (Å²) in [6, 6.07) is 12.3. The monoisotopic (exact) mass is 257 g/mol. The molecule has 4 heteroatoms. The molecule has 0 unspecified atom stereocenters. The molecule has 0 radical (unpaired) electrons. The van der Waals surface area contributed by atoms with E-state index >= 15 is 0 Å². The number of hydrogen-bond acceptors (Lipinski definition) is 2. The first-order valence-electron chi connectivity index (χ1n) is 5.77. The summed E-state index contributed by atoms with van der Waals surface area (Å²) in [7, 11) is 0. The van der Waals surface area contributed by atoms with E-state index < -0.39 is 0 Å². The first-order chi connectivity index (χ1) is 8.88. The molecule has 0 amide bonds. The van der Waals surface area contributed by atoms with Crippen LogP contribution in [0.4, 0.5) is 0 Å². The highest BCUT2D eigenvalue weighted by atomic mass is 35.5. The normalized spacial score (nSPS) is 10.9. The molecule has 3 aromatic rings. The molecular weight excluding hydrogens is 246 g/mol. The molecule has 3 rings (SSSR count). The molecular formula is C14H12ClN3. The average Bonchev–Trinajstić information content (AvgIpc) is 2.78. The van der Waals surface area contributed by atoms with Gasteiger partial charge < -0.3 is 4.57 Å². The highest BCUT2D eigenvalue weighted by molar-refractivity contribution is 6.16. The zero-order valence-corrected chi connectivity index (χ0v) is 10.5. The molecule has 0 spiro atoms. The first-order valence-corrected chi connectivity index (χ1v) is 6.31. The Hall–Kier alpha value is -1.87. The first kappa shape index (κ1) is 11.2. The van der Waals surface area contributed by atoms with Gasteiger partial charge in [-0.2, -0.15) is 0 Å². The van der Waals surface area contributed by atoms with E-state index in [-0.39, 0.29) is 0 Å². The number of imidazole rings is 1. The van der Waals surface area contributed by atoms with Gasteiger partial charge in [0.1, 0.15) is 11.3 Å². The lowest BCUT2D eigenvalue weighted by Gasteiger charge is -2.07. The molecule has 0 aliphatic carbocycles. The molecule has 18 heavy (non-hydrogen) atoms. The average molecular weight is 258 g/mol. The fourth-order valence-electron chi connectivity index (χ4n) is 2.08. The van der Waals surface area contributed by atoms with Crippen molar-refractivity contribution in [2.45, 2.75) is 12.4 Å². The summed E-state index contributed by atoms with van der Waals surface area (Å²) in [6.07, 6.45) is 3.55. The summed E-state index contributed by atoms with van der Waals surface area (Å²) in [6.45, 7) is 0.781. The molecule has 2 heterocycles. The van der Waals surface area contributed by atoms with Crippen LogP contribution in [-0.4, -0.2) is 14.5 Å². The van der Waals surface area contributed by atoms with Gasteiger partial charge in [0, 0.05) is 12.7 Å². The van der Waals surface area contributed by atoms with E-state index in [9.17, 15) is 0 Å². The van der Waals surface area contributed by atoms with E-state index in [1.807, 2.05) is 24.3 Å². The Labute approximate surface area is 110 Å². The standard InChI is InChI=1S/C14H12ClN3/c15-8-14-17-12-9-16-7-6-13(12)18(14)10-11-4-2-1-3-5-11/h1-7,9H,8,10H2. The van der Waals surface area contributed by atoms with Gasteiger partial charge in [-0.1, -0.05) is 30.3 Å². The molecule has 90 valence electrons. The number of fused-ring (bicyclic) bond motifs is 1. The summed E-state index contributed by atoms with van der Waals surface area (Å²) in [5.74, 6) is 1.28. The number of aromatic nitrogens is 3. The van der Waals surface area contributed by atoms with Crippen molar-refractivity contribution in [3.63, 3.8) is 0 Å².